The third-order valence-corrected chi connectivity index (χ3v) is 8.62. The normalized spacial score (nSPS) is 17.6. The molecule has 1 saturated heterocycles. The van der Waals surface area contributed by atoms with E-state index in [1.807, 2.05) is 23.1 Å². The molecular weight excluding hydrogens is 574 g/mol. The summed E-state index contributed by atoms with van der Waals surface area (Å²) in [6.07, 6.45) is 0.411. The van der Waals surface area contributed by atoms with Crippen molar-refractivity contribution in [2.75, 3.05) is 38.5 Å². The third-order valence-electron chi connectivity index (χ3n) is 6.91. The molecule has 2 amide bonds. The minimum atomic E-state index is -3.58. The van der Waals surface area contributed by atoms with E-state index in [1.54, 1.807) is 20.8 Å². The molecule has 12 heteroatoms. The van der Waals surface area contributed by atoms with Gasteiger partial charge in [-0.2, -0.15) is 0 Å². The Morgan fingerprint density at radius 2 is 1.65 bits per heavy atom. The monoisotopic (exact) mass is 617 g/mol. The van der Waals surface area contributed by atoms with Crippen LogP contribution >= 0.6 is 0 Å². The Morgan fingerprint density at radius 1 is 0.977 bits per heavy atom. The molecule has 0 aliphatic carbocycles. The maximum Gasteiger partial charge on any atom is 0.407 e. The first kappa shape index (κ1) is 34.0. The molecule has 0 aromatic heterocycles. The lowest BCUT2D eigenvalue weighted by Gasteiger charge is -2.36. The van der Waals surface area contributed by atoms with Gasteiger partial charge >= 0.3 is 12.1 Å². The van der Waals surface area contributed by atoms with Crippen LogP contribution in [0.1, 0.15) is 45.6 Å². The molecule has 0 spiro atoms. The van der Waals surface area contributed by atoms with Crippen LogP contribution in [0.15, 0.2) is 59.5 Å². The van der Waals surface area contributed by atoms with Gasteiger partial charge in [0.2, 0.25) is 5.91 Å². The molecule has 2 atom stereocenters. The van der Waals surface area contributed by atoms with E-state index in [-0.39, 0.29) is 54.2 Å². The van der Waals surface area contributed by atoms with Gasteiger partial charge in [-0.1, -0.05) is 30.3 Å². The molecule has 0 radical (unpaired) electrons. The second kappa shape index (κ2) is 15.8. The maximum atomic E-state index is 12.9. The predicted molar refractivity (Wildman–Crippen MR) is 161 cm³/mol. The fraction of sp³-hybridized carbons (Fsp3) is 0.516. The number of benzene rings is 2. The number of β-amino-alcohol motifs (C(OH)–C–C–N with tert-alkyl or cyclic N) is 1. The number of carbonyl (C=O) groups excluding carboxylic acids is 3. The summed E-state index contributed by atoms with van der Waals surface area (Å²) in [6, 6.07) is 15.7. The summed E-state index contributed by atoms with van der Waals surface area (Å²) in [5.74, 6) is -0.674. The van der Waals surface area contributed by atoms with Crippen molar-refractivity contribution in [1.29, 1.82) is 0 Å². The molecule has 0 saturated carbocycles. The van der Waals surface area contributed by atoms with Crippen molar-refractivity contribution in [3.63, 3.8) is 0 Å². The number of piperidine rings is 1. The van der Waals surface area contributed by atoms with Gasteiger partial charge in [-0.3, -0.25) is 14.5 Å². The van der Waals surface area contributed by atoms with Crippen LogP contribution < -0.4 is 15.4 Å². The number of esters is 1. The zero-order valence-corrected chi connectivity index (χ0v) is 25.9. The zero-order valence-electron chi connectivity index (χ0n) is 25.1. The van der Waals surface area contributed by atoms with Gasteiger partial charge < -0.3 is 25.2 Å². The Hall–Kier alpha value is -3.48. The van der Waals surface area contributed by atoms with Crippen LogP contribution in [0.5, 0.6) is 5.75 Å². The average Bonchev–Trinajstić information content (AvgIpc) is 2.93. The van der Waals surface area contributed by atoms with E-state index in [0.29, 0.717) is 13.1 Å². The smallest absolute Gasteiger partial charge is 0.407 e. The van der Waals surface area contributed by atoms with E-state index < -0.39 is 33.6 Å². The van der Waals surface area contributed by atoms with Crippen molar-refractivity contribution < 1.29 is 37.4 Å². The molecule has 43 heavy (non-hydrogen) atoms. The highest BCUT2D eigenvalue weighted by molar-refractivity contribution is 7.91. The molecule has 1 heterocycles. The number of alkyl carbamates (subject to hydrolysis) is 1. The van der Waals surface area contributed by atoms with Crippen molar-refractivity contribution in [2.24, 2.45) is 5.92 Å². The van der Waals surface area contributed by atoms with Crippen molar-refractivity contribution >= 4 is 27.8 Å². The van der Waals surface area contributed by atoms with Gasteiger partial charge in [0.1, 0.15) is 11.4 Å². The van der Waals surface area contributed by atoms with Crippen molar-refractivity contribution in [3.05, 3.63) is 60.2 Å². The molecule has 3 N–H and O–H groups in total. The largest absolute Gasteiger partial charge is 0.444 e. The molecule has 1 unspecified atom stereocenters. The van der Waals surface area contributed by atoms with Crippen molar-refractivity contribution in [2.45, 2.75) is 63.1 Å². The first-order valence-corrected chi connectivity index (χ1v) is 16.2. The molecule has 1 aliphatic heterocycles. The van der Waals surface area contributed by atoms with Crippen LogP contribution in [-0.2, 0) is 30.6 Å². The van der Waals surface area contributed by atoms with E-state index in [9.17, 15) is 27.9 Å². The number of carbonyl (C=O) groups is 3. The molecule has 2 aromatic carbocycles. The number of nitrogens with one attached hydrogen (secondary N) is 2. The molecule has 1 aliphatic rings. The van der Waals surface area contributed by atoms with Gasteiger partial charge in [-0.15, -0.1) is 0 Å². The number of likely N-dealkylation sites (tertiary alicyclic amines) is 1. The SMILES string of the molecule is CC(C)(C)OC(=O)NCCC(=O)NCCC(=O)Oc1ccc(S(=O)(=O)CCN2CCC(Cc3ccccc3)[C@H](O)C2)cc1. The van der Waals surface area contributed by atoms with Gasteiger partial charge in [-0.25, -0.2) is 13.2 Å². The molecule has 3 rings (SSSR count). The lowest BCUT2D eigenvalue weighted by atomic mass is 9.88. The molecule has 11 nitrogen and oxygen atoms in total. The number of rotatable bonds is 13. The predicted octanol–water partition coefficient (Wildman–Crippen LogP) is 2.71. The van der Waals surface area contributed by atoms with E-state index in [2.05, 4.69) is 22.8 Å². The molecular formula is C31H43N3O8S. The van der Waals surface area contributed by atoms with Crippen LogP contribution in [0.25, 0.3) is 0 Å². The third kappa shape index (κ3) is 12.3. The quantitative estimate of drug-likeness (QED) is 0.228. The number of aliphatic hydroxyl groups excluding tert-OH is 1. The van der Waals surface area contributed by atoms with E-state index in [0.717, 1.165) is 19.4 Å². The first-order valence-electron chi connectivity index (χ1n) is 14.5. The summed E-state index contributed by atoms with van der Waals surface area (Å²) in [5.41, 5.74) is 0.554. The van der Waals surface area contributed by atoms with Gasteiger partial charge in [0, 0.05) is 32.6 Å². The lowest BCUT2D eigenvalue weighted by molar-refractivity contribution is -0.134. The topological polar surface area (TPSA) is 151 Å². The number of hydrogen-bond acceptors (Lipinski definition) is 9. The molecule has 236 valence electrons. The Bertz CT molecular complexity index is 1310. The molecule has 2 aromatic rings. The highest BCUT2D eigenvalue weighted by Crippen LogP contribution is 2.23. The minimum Gasteiger partial charge on any atom is -0.444 e. The average molecular weight is 618 g/mol. The number of ether oxygens (including phenoxy) is 2. The van der Waals surface area contributed by atoms with Gasteiger partial charge in [0.05, 0.1) is 23.2 Å². The highest BCUT2D eigenvalue weighted by atomic mass is 32.2. The molecule has 0 bridgehead atoms. The van der Waals surface area contributed by atoms with E-state index in [1.165, 1.54) is 29.8 Å². The minimum absolute atomic E-state index is 0.0251. The summed E-state index contributed by atoms with van der Waals surface area (Å²) in [4.78, 5) is 37.8. The second-order valence-electron chi connectivity index (χ2n) is 11.6. The summed E-state index contributed by atoms with van der Waals surface area (Å²) in [5, 5.41) is 15.7. The highest BCUT2D eigenvalue weighted by Gasteiger charge is 2.28. The van der Waals surface area contributed by atoms with Crippen LogP contribution in [-0.4, -0.2) is 86.6 Å². The number of amides is 2. The van der Waals surface area contributed by atoms with Gasteiger partial charge in [0.15, 0.2) is 9.84 Å². The summed E-state index contributed by atoms with van der Waals surface area (Å²) < 4.78 is 36.1. The Kier molecular flexibility index (Phi) is 12.5. The van der Waals surface area contributed by atoms with E-state index >= 15 is 0 Å². The summed E-state index contributed by atoms with van der Waals surface area (Å²) in [6.45, 7) is 6.83. The number of hydrogen-bond donors (Lipinski definition) is 3. The fourth-order valence-corrected chi connectivity index (χ4v) is 5.94. The molecule has 1 fully saturated rings. The van der Waals surface area contributed by atoms with Crippen LogP contribution in [0, 0.1) is 5.92 Å². The number of sulfone groups is 1. The van der Waals surface area contributed by atoms with Crippen LogP contribution in [0.2, 0.25) is 0 Å². The Balaban J connectivity index is 1.34. The Labute approximate surface area is 253 Å². The fourth-order valence-electron chi connectivity index (χ4n) is 4.65. The maximum absolute atomic E-state index is 12.9. The van der Waals surface area contributed by atoms with Crippen molar-refractivity contribution in [3.8, 4) is 5.75 Å². The lowest BCUT2D eigenvalue weighted by Crippen LogP contribution is -2.46. The van der Waals surface area contributed by atoms with Gasteiger partial charge in [0.25, 0.3) is 0 Å². The van der Waals surface area contributed by atoms with Crippen LogP contribution in [0.4, 0.5) is 4.79 Å². The summed E-state index contributed by atoms with van der Waals surface area (Å²) in [7, 11) is -3.58. The number of nitrogens with zero attached hydrogens (tertiary/aromatic N) is 1. The zero-order chi connectivity index (χ0) is 31.5. The number of aliphatic hydroxyl groups is 1. The van der Waals surface area contributed by atoms with E-state index in [4.69, 9.17) is 9.47 Å². The standard InChI is InChI=1S/C31H43N3O8S/c1-31(2,3)42-30(38)33-16-13-28(36)32-17-14-29(37)41-25-9-11-26(12-10-25)43(39,40)20-19-34-18-15-24(27(35)22-34)21-23-7-5-4-6-8-23/h4-12,24,27,35H,13-22H2,1-3H3,(H,32,36)(H,33,38)/t24?,27-/m1/s1. The summed E-state index contributed by atoms with van der Waals surface area (Å²) >= 11 is 0. The van der Waals surface area contributed by atoms with Gasteiger partial charge in [-0.05, 0) is 75.9 Å². The Morgan fingerprint density at radius 3 is 2.30 bits per heavy atom. The second-order valence-corrected chi connectivity index (χ2v) is 13.8. The first-order chi connectivity index (χ1) is 20.3. The van der Waals surface area contributed by atoms with Crippen LogP contribution in [0.3, 0.4) is 0 Å². The van der Waals surface area contributed by atoms with Crippen molar-refractivity contribution in [1.82, 2.24) is 15.5 Å².